The van der Waals surface area contributed by atoms with Crippen molar-refractivity contribution in [2.75, 3.05) is 13.1 Å². The average Bonchev–Trinajstić information content (AvgIpc) is 2.74. The van der Waals surface area contributed by atoms with E-state index in [1.54, 1.807) is 0 Å². The predicted molar refractivity (Wildman–Crippen MR) is 125 cm³/mol. The SMILES string of the molecule is C=C[C@H]1CNCC[C@H]1CC(=O)c1cc(-c2ccccc2)nc2ccccc12.Cl.Cl. The summed E-state index contributed by atoms with van der Waals surface area (Å²) in [5, 5.41) is 4.33. The molecule has 5 heteroatoms. The molecule has 0 radical (unpaired) electrons. The number of hydrogen-bond acceptors (Lipinski definition) is 3. The van der Waals surface area contributed by atoms with Crippen LogP contribution >= 0.6 is 24.8 Å². The molecule has 0 unspecified atom stereocenters. The lowest BCUT2D eigenvalue weighted by molar-refractivity contribution is 0.0941. The van der Waals surface area contributed by atoms with E-state index in [0.29, 0.717) is 18.3 Å². The van der Waals surface area contributed by atoms with Gasteiger partial charge in [0.25, 0.3) is 0 Å². The Morgan fingerprint density at radius 2 is 1.83 bits per heavy atom. The number of nitrogens with zero attached hydrogens (tertiary/aromatic N) is 1. The zero-order valence-electron chi connectivity index (χ0n) is 16.2. The normalized spacial score (nSPS) is 18.3. The lowest BCUT2D eigenvalue weighted by atomic mass is 9.81. The zero-order chi connectivity index (χ0) is 18.6. The van der Waals surface area contributed by atoms with Gasteiger partial charge in [-0.2, -0.15) is 0 Å². The Balaban J connectivity index is 0.00000150. The van der Waals surface area contributed by atoms with Crippen LogP contribution in [-0.4, -0.2) is 23.9 Å². The fourth-order valence-electron chi connectivity index (χ4n) is 3.98. The molecule has 2 heterocycles. The van der Waals surface area contributed by atoms with E-state index in [4.69, 9.17) is 4.98 Å². The number of pyridine rings is 1. The minimum absolute atomic E-state index is 0. The van der Waals surface area contributed by atoms with Gasteiger partial charge >= 0.3 is 0 Å². The standard InChI is InChI=1S/C24H24N2O.2ClH/c1-2-17-16-25-13-12-19(17)14-24(27)21-15-23(18-8-4-3-5-9-18)26-22-11-7-6-10-20(21)22;;/h2-11,15,17,19,25H,1,12-14,16H2;2*1H/t17-,19-;;/m0../s1. The number of Topliss-reactive ketones (excluding diaryl/α,β-unsaturated/α-hetero) is 1. The number of piperidine rings is 1. The van der Waals surface area contributed by atoms with E-state index < -0.39 is 0 Å². The number of fused-ring (bicyclic) bond motifs is 1. The molecule has 0 bridgehead atoms. The highest BCUT2D eigenvalue weighted by Crippen LogP contribution is 2.29. The van der Waals surface area contributed by atoms with E-state index in [1.807, 2.05) is 66.7 Å². The molecule has 1 fully saturated rings. The molecule has 152 valence electrons. The summed E-state index contributed by atoms with van der Waals surface area (Å²) < 4.78 is 0. The Labute approximate surface area is 184 Å². The molecule has 2 aromatic carbocycles. The van der Waals surface area contributed by atoms with Crippen LogP contribution in [0.4, 0.5) is 0 Å². The Morgan fingerprint density at radius 1 is 1.10 bits per heavy atom. The Morgan fingerprint density at radius 3 is 2.59 bits per heavy atom. The van der Waals surface area contributed by atoms with Gasteiger partial charge in [0.1, 0.15) is 0 Å². The molecule has 0 amide bonds. The molecule has 3 aromatic rings. The predicted octanol–water partition coefficient (Wildman–Crippen LogP) is 5.73. The van der Waals surface area contributed by atoms with Gasteiger partial charge in [0.15, 0.2) is 5.78 Å². The van der Waals surface area contributed by atoms with Gasteiger partial charge in [-0.05, 0) is 36.9 Å². The van der Waals surface area contributed by atoms with Crippen LogP contribution in [0.3, 0.4) is 0 Å². The van der Waals surface area contributed by atoms with Crippen LogP contribution in [0.2, 0.25) is 0 Å². The van der Waals surface area contributed by atoms with E-state index in [1.165, 1.54) is 0 Å². The van der Waals surface area contributed by atoms with Crippen LogP contribution in [0.25, 0.3) is 22.2 Å². The maximum Gasteiger partial charge on any atom is 0.163 e. The third-order valence-electron chi connectivity index (χ3n) is 5.51. The van der Waals surface area contributed by atoms with Crippen molar-refractivity contribution in [3.63, 3.8) is 0 Å². The number of carbonyl (C=O) groups excluding carboxylic acids is 1. The minimum Gasteiger partial charge on any atom is -0.316 e. The highest BCUT2D eigenvalue weighted by Gasteiger charge is 2.26. The van der Waals surface area contributed by atoms with Crippen LogP contribution in [-0.2, 0) is 0 Å². The first-order valence-corrected chi connectivity index (χ1v) is 9.58. The topological polar surface area (TPSA) is 42.0 Å². The summed E-state index contributed by atoms with van der Waals surface area (Å²) in [6, 6.07) is 19.9. The molecule has 3 nitrogen and oxygen atoms in total. The highest BCUT2D eigenvalue weighted by molar-refractivity contribution is 6.08. The van der Waals surface area contributed by atoms with Crippen LogP contribution < -0.4 is 5.32 Å². The number of halogens is 2. The van der Waals surface area contributed by atoms with Gasteiger partial charge in [0, 0.05) is 29.5 Å². The first kappa shape index (κ1) is 23.1. The molecule has 0 spiro atoms. The van der Waals surface area contributed by atoms with Crippen LogP contribution in [0, 0.1) is 11.8 Å². The highest BCUT2D eigenvalue weighted by atomic mass is 35.5. The Hall–Kier alpha value is -2.20. The summed E-state index contributed by atoms with van der Waals surface area (Å²) in [4.78, 5) is 18.1. The van der Waals surface area contributed by atoms with E-state index >= 15 is 0 Å². The summed E-state index contributed by atoms with van der Waals surface area (Å²) in [6.07, 6.45) is 3.56. The van der Waals surface area contributed by atoms with E-state index in [9.17, 15) is 4.79 Å². The molecular weight excluding hydrogens is 403 g/mol. The largest absolute Gasteiger partial charge is 0.316 e. The average molecular weight is 429 g/mol. The lowest BCUT2D eigenvalue weighted by Crippen LogP contribution is -2.36. The lowest BCUT2D eigenvalue weighted by Gasteiger charge is -2.29. The van der Waals surface area contributed by atoms with Gasteiger partial charge in [0.05, 0.1) is 11.2 Å². The summed E-state index contributed by atoms with van der Waals surface area (Å²) in [6.45, 7) is 5.83. The van der Waals surface area contributed by atoms with Gasteiger partial charge in [-0.3, -0.25) is 4.79 Å². The number of para-hydroxylation sites is 1. The van der Waals surface area contributed by atoms with Crippen molar-refractivity contribution in [3.05, 3.63) is 78.9 Å². The van der Waals surface area contributed by atoms with Crippen molar-refractivity contribution in [1.82, 2.24) is 10.3 Å². The van der Waals surface area contributed by atoms with Crippen LogP contribution in [0.5, 0.6) is 0 Å². The second-order valence-corrected chi connectivity index (χ2v) is 7.22. The molecule has 1 N–H and O–H groups in total. The van der Waals surface area contributed by atoms with Crippen molar-refractivity contribution in [2.24, 2.45) is 11.8 Å². The Kier molecular flexibility index (Phi) is 8.39. The summed E-state index contributed by atoms with van der Waals surface area (Å²) in [7, 11) is 0. The van der Waals surface area contributed by atoms with Crippen molar-refractivity contribution in [2.45, 2.75) is 12.8 Å². The van der Waals surface area contributed by atoms with E-state index in [-0.39, 0.29) is 30.6 Å². The monoisotopic (exact) mass is 428 g/mol. The van der Waals surface area contributed by atoms with Gasteiger partial charge in [-0.25, -0.2) is 4.98 Å². The summed E-state index contributed by atoms with van der Waals surface area (Å²) in [5.74, 6) is 0.900. The van der Waals surface area contributed by atoms with Gasteiger partial charge in [-0.15, -0.1) is 31.4 Å². The number of carbonyl (C=O) groups is 1. The van der Waals surface area contributed by atoms with E-state index in [2.05, 4.69) is 11.9 Å². The van der Waals surface area contributed by atoms with Crippen molar-refractivity contribution in [1.29, 1.82) is 0 Å². The third kappa shape index (κ3) is 5.05. The molecule has 1 aromatic heterocycles. The fraction of sp³-hybridized carbons (Fsp3) is 0.250. The molecule has 2 atom stereocenters. The summed E-state index contributed by atoms with van der Waals surface area (Å²) in [5.41, 5.74) is 3.53. The van der Waals surface area contributed by atoms with Crippen molar-refractivity contribution >= 4 is 41.5 Å². The number of benzene rings is 2. The number of nitrogens with one attached hydrogen (secondary N) is 1. The summed E-state index contributed by atoms with van der Waals surface area (Å²) >= 11 is 0. The fourth-order valence-corrected chi connectivity index (χ4v) is 3.98. The molecule has 1 aliphatic heterocycles. The van der Waals surface area contributed by atoms with Crippen molar-refractivity contribution in [3.8, 4) is 11.3 Å². The molecular formula is C24H26Cl2N2O. The Bertz CT molecular complexity index is 975. The van der Waals surface area contributed by atoms with Gasteiger partial charge in [-0.1, -0.05) is 54.6 Å². The number of ketones is 1. The molecule has 29 heavy (non-hydrogen) atoms. The second kappa shape index (κ2) is 10.5. The second-order valence-electron chi connectivity index (χ2n) is 7.22. The maximum atomic E-state index is 13.3. The molecule has 0 saturated carbocycles. The minimum atomic E-state index is 0. The van der Waals surface area contributed by atoms with Crippen LogP contribution in [0.1, 0.15) is 23.2 Å². The third-order valence-corrected chi connectivity index (χ3v) is 5.51. The first-order valence-electron chi connectivity index (χ1n) is 9.58. The number of aromatic nitrogens is 1. The number of hydrogen-bond donors (Lipinski definition) is 1. The quantitative estimate of drug-likeness (QED) is 0.416. The molecule has 4 rings (SSSR count). The maximum absolute atomic E-state index is 13.3. The molecule has 1 saturated heterocycles. The first-order chi connectivity index (χ1) is 13.3. The molecule has 1 aliphatic rings. The van der Waals surface area contributed by atoms with Gasteiger partial charge < -0.3 is 5.32 Å². The number of rotatable bonds is 5. The van der Waals surface area contributed by atoms with E-state index in [0.717, 1.165) is 47.2 Å². The zero-order valence-corrected chi connectivity index (χ0v) is 17.8. The smallest absolute Gasteiger partial charge is 0.163 e. The molecule has 0 aliphatic carbocycles. The van der Waals surface area contributed by atoms with Crippen molar-refractivity contribution < 1.29 is 4.79 Å². The van der Waals surface area contributed by atoms with Gasteiger partial charge in [0.2, 0.25) is 0 Å². The van der Waals surface area contributed by atoms with Crippen LogP contribution in [0.15, 0.2) is 73.3 Å².